The summed E-state index contributed by atoms with van der Waals surface area (Å²) in [5.74, 6) is 0.921. The Morgan fingerprint density at radius 2 is 2.05 bits per heavy atom. The molecule has 1 saturated carbocycles. The van der Waals surface area contributed by atoms with E-state index in [2.05, 4.69) is 17.9 Å². The molecule has 0 unspecified atom stereocenters. The Hall–Kier alpha value is -1.13. The van der Waals surface area contributed by atoms with E-state index >= 15 is 0 Å². The normalized spacial score (nSPS) is 16.1. The van der Waals surface area contributed by atoms with E-state index in [0.717, 1.165) is 24.4 Å². The molecule has 0 aliphatic heterocycles. The van der Waals surface area contributed by atoms with Crippen LogP contribution in [0.15, 0.2) is 18.2 Å². The molecule has 21 heavy (non-hydrogen) atoms. The average Bonchev–Trinajstić information content (AvgIpc) is 2.53. The van der Waals surface area contributed by atoms with Crippen molar-refractivity contribution in [3.05, 3.63) is 29.3 Å². The fourth-order valence-electron chi connectivity index (χ4n) is 3.22. The SMILES string of the molecule is CCN(Cc1cc(C(N)=S)ccc1OC)C1CCCCC1. The first-order chi connectivity index (χ1) is 10.2. The highest BCUT2D eigenvalue weighted by atomic mass is 32.1. The van der Waals surface area contributed by atoms with Crippen LogP contribution < -0.4 is 10.5 Å². The van der Waals surface area contributed by atoms with Crippen LogP contribution in [0.25, 0.3) is 0 Å². The van der Waals surface area contributed by atoms with Gasteiger partial charge in [-0.05, 0) is 37.6 Å². The topological polar surface area (TPSA) is 38.5 Å². The smallest absolute Gasteiger partial charge is 0.123 e. The average molecular weight is 306 g/mol. The first kappa shape index (κ1) is 16.2. The number of thiocarbonyl (C=S) groups is 1. The molecule has 0 radical (unpaired) electrons. The number of ether oxygens (including phenoxy) is 1. The van der Waals surface area contributed by atoms with Crippen LogP contribution in [0, 0.1) is 0 Å². The molecule has 0 atom stereocenters. The minimum absolute atomic E-state index is 0.444. The molecule has 1 aromatic rings. The quantitative estimate of drug-likeness (QED) is 0.817. The lowest BCUT2D eigenvalue weighted by Gasteiger charge is -2.34. The molecule has 4 heteroatoms. The number of hydrogen-bond acceptors (Lipinski definition) is 3. The Morgan fingerprint density at radius 1 is 1.33 bits per heavy atom. The van der Waals surface area contributed by atoms with E-state index in [1.54, 1.807) is 7.11 Å². The third-order valence-corrected chi connectivity index (χ3v) is 4.67. The molecule has 0 bridgehead atoms. The zero-order valence-electron chi connectivity index (χ0n) is 13.1. The Kier molecular flexibility index (Phi) is 6.00. The number of benzene rings is 1. The number of nitrogens with two attached hydrogens (primary N) is 1. The second-order valence-corrected chi connectivity index (χ2v) is 6.19. The highest BCUT2D eigenvalue weighted by molar-refractivity contribution is 7.80. The lowest BCUT2D eigenvalue weighted by molar-refractivity contribution is 0.154. The van der Waals surface area contributed by atoms with Gasteiger partial charge in [-0.15, -0.1) is 0 Å². The highest BCUT2D eigenvalue weighted by Gasteiger charge is 2.21. The molecule has 0 amide bonds. The van der Waals surface area contributed by atoms with Crippen LogP contribution in [0.3, 0.4) is 0 Å². The second-order valence-electron chi connectivity index (χ2n) is 5.75. The van der Waals surface area contributed by atoms with E-state index in [1.807, 2.05) is 12.1 Å². The van der Waals surface area contributed by atoms with Crippen LogP contribution in [0.5, 0.6) is 5.75 Å². The Bertz CT molecular complexity index is 484. The van der Waals surface area contributed by atoms with Gasteiger partial charge in [-0.25, -0.2) is 0 Å². The van der Waals surface area contributed by atoms with E-state index in [0.29, 0.717) is 11.0 Å². The summed E-state index contributed by atoms with van der Waals surface area (Å²) >= 11 is 5.09. The van der Waals surface area contributed by atoms with Gasteiger partial charge in [0.2, 0.25) is 0 Å². The van der Waals surface area contributed by atoms with Crippen molar-refractivity contribution in [2.75, 3.05) is 13.7 Å². The first-order valence-electron chi connectivity index (χ1n) is 7.86. The summed E-state index contributed by atoms with van der Waals surface area (Å²) in [6, 6.07) is 6.68. The third kappa shape index (κ3) is 4.17. The molecule has 3 nitrogen and oxygen atoms in total. The standard InChI is InChI=1S/C17H26N2OS/c1-3-19(15-7-5-4-6-8-15)12-14-11-13(17(18)21)9-10-16(14)20-2/h9-11,15H,3-8,12H2,1-2H3,(H2,18,21). The first-order valence-corrected chi connectivity index (χ1v) is 8.27. The molecule has 1 aliphatic carbocycles. The van der Waals surface area contributed by atoms with Gasteiger partial charge >= 0.3 is 0 Å². The van der Waals surface area contributed by atoms with Gasteiger partial charge in [0.05, 0.1) is 7.11 Å². The monoisotopic (exact) mass is 306 g/mol. The van der Waals surface area contributed by atoms with Crippen LogP contribution >= 0.6 is 12.2 Å². The van der Waals surface area contributed by atoms with Crippen LogP contribution in [0.1, 0.15) is 50.2 Å². The highest BCUT2D eigenvalue weighted by Crippen LogP contribution is 2.27. The molecule has 1 fully saturated rings. The van der Waals surface area contributed by atoms with Gasteiger partial charge in [-0.2, -0.15) is 0 Å². The Morgan fingerprint density at radius 3 is 2.62 bits per heavy atom. The summed E-state index contributed by atoms with van der Waals surface area (Å²) in [6.45, 7) is 4.20. The predicted octanol–water partition coefficient (Wildman–Crippen LogP) is 3.48. The van der Waals surface area contributed by atoms with E-state index in [-0.39, 0.29) is 0 Å². The number of methoxy groups -OCH3 is 1. The molecule has 1 aromatic carbocycles. The number of nitrogens with zero attached hydrogens (tertiary/aromatic N) is 1. The number of rotatable bonds is 6. The molecule has 1 aliphatic rings. The zero-order valence-corrected chi connectivity index (χ0v) is 13.9. The molecule has 0 saturated heterocycles. The number of hydrogen-bond donors (Lipinski definition) is 1. The van der Waals surface area contributed by atoms with Crippen LogP contribution in [-0.4, -0.2) is 29.6 Å². The van der Waals surface area contributed by atoms with Crippen molar-refractivity contribution >= 4 is 17.2 Å². The van der Waals surface area contributed by atoms with E-state index in [9.17, 15) is 0 Å². The molecule has 0 heterocycles. The molecule has 2 rings (SSSR count). The molecular formula is C17H26N2OS. The van der Waals surface area contributed by atoms with Crippen molar-refractivity contribution in [1.29, 1.82) is 0 Å². The van der Waals surface area contributed by atoms with Gasteiger partial charge in [-0.3, -0.25) is 4.90 Å². The fraction of sp³-hybridized carbons (Fsp3) is 0.588. The zero-order chi connectivity index (χ0) is 15.2. The molecule has 116 valence electrons. The maximum atomic E-state index is 5.76. The summed E-state index contributed by atoms with van der Waals surface area (Å²) in [5, 5.41) is 0. The summed E-state index contributed by atoms with van der Waals surface area (Å²) in [7, 11) is 1.72. The van der Waals surface area contributed by atoms with Gasteiger partial charge in [0.15, 0.2) is 0 Å². The molecular weight excluding hydrogens is 280 g/mol. The van der Waals surface area contributed by atoms with Crippen molar-refractivity contribution in [3.8, 4) is 5.75 Å². The van der Waals surface area contributed by atoms with Gasteiger partial charge in [0.25, 0.3) is 0 Å². The van der Waals surface area contributed by atoms with E-state index in [1.165, 1.54) is 37.7 Å². The Labute approximate surface area is 133 Å². The molecule has 0 aromatic heterocycles. The summed E-state index contributed by atoms with van der Waals surface area (Å²) < 4.78 is 5.50. The van der Waals surface area contributed by atoms with Gasteiger partial charge in [-0.1, -0.05) is 38.4 Å². The van der Waals surface area contributed by atoms with E-state index < -0.39 is 0 Å². The van der Waals surface area contributed by atoms with Gasteiger partial charge < -0.3 is 10.5 Å². The van der Waals surface area contributed by atoms with Crippen LogP contribution in [0.2, 0.25) is 0 Å². The van der Waals surface area contributed by atoms with Gasteiger partial charge in [0, 0.05) is 23.7 Å². The summed E-state index contributed by atoms with van der Waals surface area (Å²) in [5.41, 5.74) is 7.85. The van der Waals surface area contributed by atoms with Crippen LogP contribution in [0.4, 0.5) is 0 Å². The third-order valence-electron chi connectivity index (χ3n) is 4.44. The fourth-order valence-corrected chi connectivity index (χ4v) is 3.35. The molecule has 2 N–H and O–H groups in total. The minimum atomic E-state index is 0.444. The minimum Gasteiger partial charge on any atom is -0.496 e. The predicted molar refractivity (Wildman–Crippen MR) is 91.8 cm³/mol. The van der Waals surface area contributed by atoms with Crippen molar-refractivity contribution in [3.63, 3.8) is 0 Å². The van der Waals surface area contributed by atoms with Crippen molar-refractivity contribution in [2.45, 2.75) is 51.6 Å². The van der Waals surface area contributed by atoms with Crippen molar-refractivity contribution in [2.24, 2.45) is 5.73 Å². The molecule has 0 spiro atoms. The Balaban J connectivity index is 2.18. The maximum Gasteiger partial charge on any atom is 0.123 e. The lowest BCUT2D eigenvalue weighted by Crippen LogP contribution is -2.36. The summed E-state index contributed by atoms with van der Waals surface area (Å²) in [4.78, 5) is 3.00. The van der Waals surface area contributed by atoms with Crippen LogP contribution in [-0.2, 0) is 6.54 Å². The summed E-state index contributed by atoms with van der Waals surface area (Å²) in [6.07, 6.45) is 6.71. The lowest BCUT2D eigenvalue weighted by atomic mass is 9.93. The van der Waals surface area contributed by atoms with Crippen molar-refractivity contribution < 1.29 is 4.74 Å². The second kappa shape index (κ2) is 7.76. The maximum absolute atomic E-state index is 5.76. The van der Waals surface area contributed by atoms with Gasteiger partial charge in [0.1, 0.15) is 10.7 Å². The van der Waals surface area contributed by atoms with Crippen molar-refractivity contribution in [1.82, 2.24) is 4.90 Å². The van der Waals surface area contributed by atoms with E-state index in [4.69, 9.17) is 22.7 Å². The largest absolute Gasteiger partial charge is 0.496 e.